The third-order valence-electron chi connectivity index (χ3n) is 5.33. The van der Waals surface area contributed by atoms with Crippen LogP contribution in [0.1, 0.15) is 16.8 Å². The molecule has 0 saturated carbocycles. The Labute approximate surface area is 170 Å². The van der Waals surface area contributed by atoms with E-state index in [4.69, 9.17) is 14.5 Å². The van der Waals surface area contributed by atoms with Crippen LogP contribution >= 0.6 is 0 Å². The smallest absolute Gasteiger partial charge is 0.261 e. The summed E-state index contributed by atoms with van der Waals surface area (Å²) in [5.74, 6) is 1.96. The molecule has 0 spiro atoms. The van der Waals surface area contributed by atoms with Crippen molar-refractivity contribution >= 4 is 22.6 Å². The highest BCUT2D eigenvalue weighted by molar-refractivity contribution is 5.99. The number of anilines is 1. The lowest BCUT2D eigenvalue weighted by atomic mass is 10.1. The topological polar surface area (TPSA) is 54.9 Å². The summed E-state index contributed by atoms with van der Waals surface area (Å²) in [6.45, 7) is 2.89. The summed E-state index contributed by atoms with van der Waals surface area (Å²) in [5, 5.41) is 1.13. The van der Waals surface area contributed by atoms with Crippen LogP contribution in [-0.2, 0) is 0 Å². The first-order valence-corrected chi connectivity index (χ1v) is 9.82. The molecule has 0 unspecified atom stereocenters. The number of carbonyl (C=O) groups excluding carboxylic acids is 1. The van der Waals surface area contributed by atoms with Crippen molar-refractivity contribution < 1.29 is 14.3 Å². The van der Waals surface area contributed by atoms with Gasteiger partial charge in [0, 0.05) is 31.6 Å². The zero-order valence-corrected chi connectivity index (χ0v) is 16.8. The molecule has 6 nitrogen and oxygen atoms in total. The van der Waals surface area contributed by atoms with Crippen LogP contribution in [0, 0.1) is 0 Å². The van der Waals surface area contributed by atoms with Gasteiger partial charge in [-0.2, -0.15) is 0 Å². The fourth-order valence-electron chi connectivity index (χ4n) is 3.80. The number of ether oxygens (including phenoxy) is 2. The largest absolute Gasteiger partial charge is 0.496 e. The molecular formula is C23H25N3O3. The van der Waals surface area contributed by atoms with Gasteiger partial charge in [0.05, 0.1) is 19.7 Å². The van der Waals surface area contributed by atoms with Gasteiger partial charge in [-0.3, -0.25) is 4.79 Å². The maximum atomic E-state index is 13.3. The summed E-state index contributed by atoms with van der Waals surface area (Å²) in [6.07, 6.45) is 0.873. The first kappa shape index (κ1) is 19.1. The molecule has 2 aromatic carbocycles. The number of methoxy groups -OCH3 is 2. The van der Waals surface area contributed by atoms with Gasteiger partial charge in [-0.1, -0.05) is 24.3 Å². The van der Waals surface area contributed by atoms with E-state index >= 15 is 0 Å². The molecule has 1 aromatic heterocycles. The normalized spacial score (nSPS) is 14.6. The Morgan fingerprint density at radius 3 is 2.38 bits per heavy atom. The Morgan fingerprint density at radius 2 is 1.62 bits per heavy atom. The molecule has 0 N–H and O–H groups in total. The summed E-state index contributed by atoms with van der Waals surface area (Å²) in [6, 6.07) is 17.7. The number of pyridine rings is 1. The average molecular weight is 391 g/mol. The first-order valence-electron chi connectivity index (χ1n) is 9.82. The van der Waals surface area contributed by atoms with Crippen molar-refractivity contribution in [3.63, 3.8) is 0 Å². The fraction of sp³-hybridized carbons (Fsp3) is 0.304. The minimum Gasteiger partial charge on any atom is -0.496 e. The first-order chi connectivity index (χ1) is 14.2. The van der Waals surface area contributed by atoms with Crippen molar-refractivity contribution in [1.29, 1.82) is 0 Å². The number of amides is 1. The predicted octanol–water partition coefficient (Wildman–Crippen LogP) is 3.60. The molecule has 4 rings (SSSR count). The summed E-state index contributed by atoms with van der Waals surface area (Å²) in [5.41, 5.74) is 1.47. The van der Waals surface area contributed by atoms with E-state index in [9.17, 15) is 4.79 Å². The van der Waals surface area contributed by atoms with Crippen molar-refractivity contribution in [2.24, 2.45) is 0 Å². The van der Waals surface area contributed by atoms with Gasteiger partial charge in [0.2, 0.25) is 0 Å². The van der Waals surface area contributed by atoms with E-state index in [2.05, 4.69) is 23.1 Å². The van der Waals surface area contributed by atoms with Crippen molar-refractivity contribution in [2.45, 2.75) is 6.42 Å². The van der Waals surface area contributed by atoms with Gasteiger partial charge in [0.1, 0.15) is 22.9 Å². The zero-order chi connectivity index (χ0) is 20.2. The molecule has 2 heterocycles. The predicted molar refractivity (Wildman–Crippen MR) is 114 cm³/mol. The molecule has 0 aliphatic carbocycles. The van der Waals surface area contributed by atoms with E-state index in [1.54, 1.807) is 26.4 Å². The summed E-state index contributed by atoms with van der Waals surface area (Å²) in [4.78, 5) is 22.2. The van der Waals surface area contributed by atoms with E-state index in [0.29, 0.717) is 30.2 Å². The van der Waals surface area contributed by atoms with Gasteiger partial charge in [0.25, 0.3) is 5.91 Å². The number of para-hydroxylation sites is 1. The number of hydrogen-bond acceptors (Lipinski definition) is 5. The minimum atomic E-state index is -0.0624. The van der Waals surface area contributed by atoms with E-state index in [-0.39, 0.29) is 5.91 Å². The fourth-order valence-corrected chi connectivity index (χ4v) is 3.80. The van der Waals surface area contributed by atoms with Crippen molar-refractivity contribution in [1.82, 2.24) is 9.88 Å². The minimum absolute atomic E-state index is 0.0624. The molecule has 0 radical (unpaired) electrons. The van der Waals surface area contributed by atoms with Gasteiger partial charge in [0.15, 0.2) is 0 Å². The van der Waals surface area contributed by atoms with Gasteiger partial charge in [-0.15, -0.1) is 0 Å². The summed E-state index contributed by atoms with van der Waals surface area (Å²) < 4.78 is 10.8. The molecule has 1 amide bonds. The van der Waals surface area contributed by atoms with E-state index in [0.717, 1.165) is 36.2 Å². The number of carbonyl (C=O) groups is 1. The van der Waals surface area contributed by atoms with Crippen molar-refractivity contribution in [3.05, 3.63) is 60.2 Å². The molecule has 29 heavy (non-hydrogen) atoms. The lowest BCUT2D eigenvalue weighted by molar-refractivity contribution is 0.0760. The second-order valence-electron chi connectivity index (χ2n) is 7.03. The Balaban J connectivity index is 1.54. The number of nitrogens with zero attached hydrogens (tertiary/aromatic N) is 3. The molecule has 1 saturated heterocycles. The standard InChI is InChI=1S/C23H25N3O3/c1-28-19-9-5-10-20(29-2)22(19)23(27)26-14-6-13-25(15-16-26)21-12-11-17-7-3-4-8-18(17)24-21/h3-5,7-12H,6,13-16H2,1-2H3. The second kappa shape index (κ2) is 8.39. The van der Waals surface area contributed by atoms with Crippen molar-refractivity contribution in [2.75, 3.05) is 45.3 Å². The van der Waals surface area contributed by atoms with Gasteiger partial charge in [-0.25, -0.2) is 4.98 Å². The van der Waals surface area contributed by atoms with Crippen molar-refractivity contribution in [3.8, 4) is 11.5 Å². The maximum Gasteiger partial charge on any atom is 0.261 e. The highest BCUT2D eigenvalue weighted by atomic mass is 16.5. The maximum absolute atomic E-state index is 13.3. The van der Waals surface area contributed by atoms with Gasteiger partial charge in [-0.05, 0) is 36.8 Å². The zero-order valence-electron chi connectivity index (χ0n) is 16.8. The molecule has 1 aliphatic heterocycles. The third-order valence-corrected chi connectivity index (χ3v) is 5.33. The quantitative estimate of drug-likeness (QED) is 0.680. The molecule has 6 heteroatoms. The van der Waals surface area contributed by atoms with Crippen LogP contribution < -0.4 is 14.4 Å². The Hall–Kier alpha value is -3.28. The third kappa shape index (κ3) is 3.83. The highest BCUT2D eigenvalue weighted by Gasteiger charge is 2.26. The Kier molecular flexibility index (Phi) is 5.51. The second-order valence-corrected chi connectivity index (χ2v) is 7.03. The summed E-state index contributed by atoms with van der Waals surface area (Å²) in [7, 11) is 3.14. The van der Waals surface area contributed by atoms with E-state index in [1.807, 2.05) is 29.2 Å². The van der Waals surface area contributed by atoms with E-state index < -0.39 is 0 Å². The van der Waals surface area contributed by atoms with Crippen LogP contribution in [0.2, 0.25) is 0 Å². The average Bonchev–Trinajstić information content (AvgIpc) is 3.04. The summed E-state index contributed by atoms with van der Waals surface area (Å²) >= 11 is 0. The molecule has 150 valence electrons. The van der Waals surface area contributed by atoms with E-state index in [1.165, 1.54) is 0 Å². The van der Waals surface area contributed by atoms with Crippen LogP contribution in [0.25, 0.3) is 10.9 Å². The van der Waals surface area contributed by atoms with Gasteiger partial charge >= 0.3 is 0 Å². The number of benzene rings is 2. The highest BCUT2D eigenvalue weighted by Crippen LogP contribution is 2.30. The SMILES string of the molecule is COc1cccc(OC)c1C(=O)N1CCCN(c2ccc3ccccc3n2)CC1. The molecule has 3 aromatic rings. The van der Waals surface area contributed by atoms with Crippen LogP contribution in [0.3, 0.4) is 0 Å². The number of fused-ring (bicyclic) bond motifs is 1. The Bertz CT molecular complexity index is 999. The molecular weight excluding hydrogens is 366 g/mol. The monoisotopic (exact) mass is 391 g/mol. The van der Waals surface area contributed by atoms with Crippen LogP contribution in [0.5, 0.6) is 11.5 Å². The lowest BCUT2D eigenvalue weighted by Crippen LogP contribution is -2.35. The molecule has 1 fully saturated rings. The number of aromatic nitrogens is 1. The van der Waals surface area contributed by atoms with Crippen LogP contribution in [0.4, 0.5) is 5.82 Å². The van der Waals surface area contributed by atoms with Crippen LogP contribution in [-0.4, -0.2) is 56.2 Å². The molecule has 0 bridgehead atoms. The lowest BCUT2D eigenvalue weighted by Gasteiger charge is -2.24. The van der Waals surface area contributed by atoms with Crippen LogP contribution in [0.15, 0.2) is 54.6 Å². The number of hydrogen-bond donors (Lipinski definition) is 0. The molecule has 0 atom stereocenters. The Morgan fingerprint density at radius 1 is 0.862 bits per heavy atom. The molecule has 1 aliphatic rings. The number of rotatable bonds is 4. The van der Waals surface area contributed by atoms with Gasteiger partial charge < -0.3 is 19.3 Å².